The molecule has 1 amide bonds. The Hall–Kier alpha value is -2.36. The lowest BCUT2D eigenvalue weighted by Crippen LogP contribution is -2.16. The molecule has 0 radical (unpaired) electrons. The van der Waals surface area contributed by atoms with Crippen LogP contribution in [-0.2, 0) is 6.54 Å². The maximum absolute atomic E-state index is 12.7. The molecule has 0 spiro atoms. The van der Waals surface area contributed by atoms with Crippen LogP contribution < -0.4 is 9.54 Å². The van der Waals surface area contributed by atoms with Crippen LogP contribution in [0.25, 0.3) is 10.2 Å². The number of benzene rings is 2. The third kappa shape index (κ3) is 4.68. The van der Waals surface area contributed by atoms with Gasteiger partial charge in [0.15, 0.2) is 4.80 Å². The molecule has 0 unspecified atom stereocenters. The van der Waals surface area contributed by atoms with Crippen LogP contribution in [-0.4, -0.2) is 17.1 Å². The number of fused-ring (bicyclic) bond motifs is 1. The fourth-order valence-electron chi connectivity index (χ4n) is 2.58. The zero-order chi connectivity index (χ0) is 19.2. The molecule has 3 rings (SSSR count). The molecule has 138 valence electrons. The fraction of sp³-hybridized carbons (Fsp3) is 0.238. The number of carbonyl (C=O) groups excluding carboxylic acids is 1. The molecule has 0 bridgehead atoms. The number of rotatable bonds is 6. The molecule has 27 heavy (non-hydrogen) atoms. The van der Waals surface area contributed by atoms with E-state index in [0.717, 1.165) is 27.5 Å². The molecule has 3 aromatic rings. The summed E-state index contributed by atoms with van der Waals surface area (Å²) in [4.78, 5) is 17.6. The summed E-state index contributed by atoms with van der Waals surface area (Å²) >= 11 is 4.91. The van der Waals surface area contributed by atoms with Crippen LogP contribution in [0.5, 0.6) is 5.75 Å². The van der Waals surface area contributed by atoms with Crippen molar-refractivity contribution in [3.8, 4) is 18.1 Å². The predicted octanol–water partition coefficient (Wildman–Crippen LogP) is 5.02. The minimum absolute atomic E-state index is 0.313. The van der Waals surface area contributed by atoms with E-state index in [1.807, 2.05) is 34.9 Å². The van der Waals surface area contributed by atoms with Gasteiger partial charge in [-0.2, -0.15) is 4.99 Å². The van der Waals surface area contributed by atoms with Gasteiger partial charge in [0.1, 0.15) is 5.75 Å². The van der Waals surface area contributed by atoms with Crippen LogP contribution in [0.3, 0.4) is 0 Å². The third-order valence-electron chi connectivity index (χ3n) is 3.94. The van der Waals surface area contributed by atoms with Gasteiger partial charge in [0, 0.05) is 10.0 Å². The normalized spacial score (nSPS) is 11.5. The van der Waals surface area contributed by atoms with E-state index in [1.165, 1.54) is 11.3 Å². The summed E-state index contributed by atoms with van der Waals surface area (Å²) in [5.41, 5.74) is 1.46. The lowest BCUT2D eigenvalue weighted by molar-refractivity contribution is 0.0997. The van der Waals surface area contributed by atoms with Gasteiger partial charge in [-0.05, 0) is 42.8 Å². The lowest BCUT2D eigenvalue weighted by atomic mass is 10.2. The second-order valence-electron chi connectivity index (χ2n) is 5.93. The van der Waals surface area contributed by atoms with Crippen LogP contribution in [0.15, 0.2) is 51.9 Å². The van der Waals surface area contributed by atoms with Gasteiger partial charge in [0.2, 0.25) is 0 Å². The van der Waals surface area contributed by atoms with Crippen LogP contribution >= 0.6 is 27.3 Å². The highest BCUT2D eigenvalue weighted by molar-refractivity contribution is 9.10. The molecule has 0 N–H and O–H groups in total. The van der Waals surface area contributed by atoms with Crippen LogP contribution in [0.2, 0.25) is 0 Å². The minimum atomic E-state index is -0.313. The average Bonchev–Trinajstić information content (AvgIpc) is 2.99. The van der Waals surface area contributed by atoms with E-state index in [2.05, 4.69) is 33.8 Å². The molecule has 0 aliphatic heterocycles. The highest BCUT2D eigenvalue weighted by Crippen LogP contribution is 2.22. The van der Waals surface area contributed by atoms with Gasteiger partial charge in [-0.15, -0.1) is 6.42 Å². The number of halogens is 1. The van der Waals surface area contributed by atoms with E-state index in [4.69, 9.17) is 11.2 Å². The Kier molecular flexibility index (Phi) is 6.49. The molecule has 0 atom stereocenters. The number of hydrogen-bond acceptors (Lipinski definition) is 3. The molecule has 0 aliphatic carbocycles. The molecular weight excluding hydrogens is 424 g/mol. The van der Waals surface area contributed by atoms with E-state index in [-0.39, 0.29) is 5.91 Å². The Morgan fingerprint density at radius 2 is 2.19 bits per heavy atom. The molecule has 1 aromatic heterocycles. The molecule has 0 saturated heterocycles. The fourth-order valence-corrected chi connectivity index (χ4v) is 4.16. The second-order valence-corrected chi connectivity index (χ2v) is 7.86. The van der Waals surface area contributed by atoms with Crippen molar-refractivity contribution in [2.45, 2.75) is 26.3 Å². The molecule has 2 aromatic carbocycles. The highest BCUT2D eigenvalue weighted by atomic mass is 79.9. The summed E-state index contributed by atoms with van der Waals surface area (Å²) in [5, 5.41) is 0. The van der Waals surface area contributed by atoms with Crippen LogP contribution in [0.4, 0.5) is 0 Å². The quantitative estimate of drug-likeness (QED) is 0.397. The zero-order valence-electron chi connectivity index (χ0n) is 14.9. The molecule has 6 heteroatoms. The van der Waals surface area contributed by atoms with Gasteiger partial charge in [0.25, 0.3) is 5.91 Å². The first kappa shape index (κ1) is 19.4. The van der Waals surface area contributed by atoms with Crippen molar-refractivity contribution in [1.29, 1.82) is 0 Å². The zero-order valence-corrected chi connectivity index (χ0v) is 17.3. The smallest absolute Gasteiger partial charge is 0.279 e. The highest BCUT2D eigenvalue weighted by Gasteiger charge is 2.10. The minimum Gasteiger partial charge on any atom is -0.494 e. The summed E-state index contributed by atoms with van der Waals surface area (Å²) in [6, 6.07) is 13.1. The summed E-state index contributed by atoms with van der Waals surface area (Å²) in [6.45, 7) is 3.10. The number of nitrogens with zero attached hydrogens (tertiary/aromatic N) is 2. The number of thiazole rings is 1. The Morgan fingerprint density at radius 3 is 2.96 bits per heavy atom. The number of carbonyl (C=O) groups is 1. The standard InChI is InChI=1S/C21H19BrN2O2S/c1-3-5-12-26-17-8-6-7-15(13-17)20(25)23-21-24(11-4-2)18-10-9-16(22)14-19(18)27-21/h2,6-10,13-14H,3,5,11-12H2,1H3. The van der Waals surface area contributed by atoms with Crippen molar-refractivity contribution in [2.75, 3.05) is 6.61 Å². The number of amides is 1. The number of aromatic nitrogens is 1. The van der Waals surface area contributed by atoms with E-state index in [9.17, 15) is 4.79 Å². The third-order valence-corrected chi connectivity index (χ3v) is 5.47. The van der Waals surface area contributed by atoms with Gasteiger partial charge in [-0.3, -0.25) is 4.79 Å². The Balaban J connectivity index is 1.96. The van der Waals surface area contributed by atoms with Gasteiger partial charge in [-0.25, -0.2) is 0 Å². The summed E-state index contributed by atoms with van der Waals surface area (Å²) < 4.78 is 9.55. The van der Waals surface area contributed by atoms with Gasteiger partial charge >= 0.3 is 0 Å². The maximum atomic E-state index is 12.7. The van der Waals surface area contributed by atoms with Crippen LogP contribution in [0, 0.1) is 12.3 Å². The van der Waals surface area contributed by atoms with Crippen molar-refractivity contribution >= 4 is 43.4 Å². The topological polar surface area (TPSA) is 43.6 Å². The Labute approximate surface area is 170 Å². The average molecular weight is 443 g/mol. The first-order valence-corrected chi connectivity index (χ1v) is 10.3. The number of terminal acetylenes is 1. The molecule has 1 heterocycles. The number of hydrogen-bond donors (Lipinski definition) is 0. The summed E-state index contributed by atoms with van der Waals surface area (Å²) in [6.07, 6.45) is 7.55. The van der Waals surface area contributed by atoms with Crippen molar-refractivity contribution < 1.29 is 9.53 Å². The molecule has 4 nitrogen and oxygen atoms in total. The Morgan fingerprint density at radius 1 is 1.33 bits per heavy atom. The maximum Gasteiger partial charge on any atom is 0.279 e. The first-order chi connectivity index (χ1) is 13.1. The predicted molar refractivity (Wildman–Crippen MR) is 113 cm³/mol. The van der Waals surface area contributed by atoms with Crippen molar-refractivity contribution in [1.82, 2.24) is 4.57 Å². The van der Waals surface area contributed by atoms with Crippen molar-refractivity contribution in [2.24, 2.45) is 4.99 Å². The van der Waals surface area contributed by atoms with Gasteiger partial charge in [-0.1, -0.05) is 52.6 Å². The van der Waals surface area contributed by atoms with E-state index >= 15 is 0 Å². The van der Waals surface area contributed by atoms with E-state index < -0.39 is 0 Å². The van der Waals surface area contributed by atoms with Crippen LogP contribution in [0.1, 0.15) is 30.1 Å². The Bertz CT molecular complexity index is 1080. The largest absolute Gasteiger partial charge is 0.494 e. The molecular formula is C21H19BrN2O2S. The monoisotopic (exact) mass is 442 g/mol. The van der Waals surface area contributed by atoms with Gasteiger partial charge < -0.3 is 9.30 Å². The summed E-state index contributed by atoms with van der Waals surface area (Å²) in [7, 11) is 0. The van der Waals surface area contributed by atoms with Crippen molar-refractivity contribution in [3.63, 3.8) is 0 Å². The molecule has 0 aliphatic rings. The number of unbranched alkanes of at least 4 members (excludes halogenated alkanes) is 1. The molecule has 0 saturated carbocycles. The van der Waals surface area contributed by atoms with Crippen molar-refractivity contribution in [3.05, 3.63) is 57.3 Å². The van der Waals surface area contributed by atoms with E-state index in [0.29, 0.717) is 29.3 Å². The molecule has 0 fully saturated rings. The second kappa shape index (κ2) is 9.03. The van der Waals surface area contributed by atoms with Gasteiger partial charge in [0.05, 0.1) is 23.4 Å². The number of ether oxygens (including phenoxy) is 1. The van der Waals surface area contributed by atoms with E-state index in [1.54, 1.807) is 12.1 Å². The lowest BCUT2D eigenvalue weighted by Gasteiger charge is -2.05. The first-order valence-electron chi connectivity index (χ1n) is 8.66. The summed E-state index contributed by atoms with van der Waals surface area (Å²) in [5.74, 6) is 3.00. The SMILES string of the molecule is C#CCn1c(=NC(=O)c2cccc(OCCCC)c2)sc2cc(Br)ccc21.